The van der Waals surface area contributed by atoms with E-state index in [1.807, 2.05) is 24.3 Å². The first-order valence-corrected chi connectivity index (χ1v) is 11.2. The van der Waals surface area contributed by atoms with Crippen LogP contribution in [0.1, 0.15) is 29.2 Å². The van der Waals surface area contributed by atoms with E-state index in [1.54, 1.807) is 0 Å². The fourth-order valence-corrected chi connectivity index (χ4v) is 4.00. The van der Waals surface area contributed by atoms with Crippen LogP contribution in [0.5, 0.6) is 0 Å². The lowest BCUT2D eigenvalue weighted by atomic mass is 9.99. The highest BCUT2D eigenvalue weighted by atomic mass is 16.2. The van der Waals surface area contributed by atoms with E-state index < -0.39 is 11.8 Å². The van der Waals surface area contributed by atoms with Gasteiger partial charge in [-0.25, -0.2) is 0 Å². The highest BCUT2D eigenvalue weighted by Crippen LogP contribution is 2.24. The Morgan fingerprint density at radius 1 is 0.844 bits per heavy atom. The Hall–Kier alpha value is -3.60. The van der Waals surface area contributed by atoms with Crippen molar-refractivity contribution in [3.8, 4) is 0 Å². The summed E-state index contributed by atoms with van der Waals surface area (Å²) >= 11 is 0. The van der Waals surface area contributed by atoms with Gasteiger partial charge in [0.05, 0.1) is 0 Å². The molecule has 0 unspecified atom stereocenters. The first-order valence-electron chi connectivity index (χ1n) is 11.2. The van der Waals surface area contributed by atoms with Gasteiger partial charge in [0.1, 0.15) is 0 Å². The van der Waals surface area contributed by atoms with Crippen molar-refractivity contribution in [3.63, 3.8) is 0 Å². The van der Waals surface area contributed by atoms with Gasteiger partial charge in [-0.05, 0) is 65.8 Å². The predicted octanol–water partition coefficient (Wildman–Crippen LogP) is 4.11. The average molecular weight is 428 g/mol. The molecular formula is C27H29N3O2. The molecule has 3 aromatic carbocycles. The molecule has 5 heteroatoms. The average Bonchev–Trinajstić information content (AvgIpc) is 2.84. The summed E-state index contributed by atoms with van der Waals surface area (Å²) in [5.74, 6) is -1.26. The molecule has 0 spiro atoms. The molecule has 0 radical (unpaired) electrons. The molecule has 3 aromatic rings. The number of hydrogen-bond donors (Lipinski definition) is 2. The van der Waals surface area contributed by atoms with Crippen LogP contribution in [0, 0.1) is 0 Å². The van der Waals surface area contributed by atoms with Crippen LogP contribution in [0.4, 0.5) is 11.4 Å². The minimum Gasteiger partial charge on any atom is -0.367 e. The third kappa shape index (κ3) is 5.35. The van der Waals surface area contributed by atoms with Crippen molar-refractivity contribution in [3.05, 3.63) is 95.1 Å². The van der Waals surface area contributed by atoms with Gasteiger partial charge < -0.3 is 15.5 Å². The maximum absolute atomic E-state index is 12.1. The third-order valence-electron chi connectivity index (χ3n) is 5.96. The smallest absolute Gasteiger partial charge is 0.313 e. The molecule has 1 heterocycles. The maximum atomic E-state index is 12.1. The fraction of sp³-hybridized carbons (Fsp3) is 0.259. The molecule has 0 fully saturated rings. The Balaban J connectivity index is 1.23. The highest BCUT2D eigenvalue weighted by molar-refractivity contribution is 6.39. The van der Waals surface area contributed by atoms with Crippen molar-refractivity contribution >= 4 is 23.2 Å². The van der Waals surface area contributed by atoms with E-state index in [0.29, 0.717) is 18.7 Å². The van der Waals surface area contributed by atoms with E-state index in [0.717, 1.165) is 31.5 Å². The molecule has 164 valence electrons. The highest BCUT2D eigenvalue weighted by Gasteiger charge is 2.16. The van der Waals surface area contributed by atoms with Crippen LogP contribution < -0.4 is 15.5 Å². The molecule has 1 aliphatic rings. The number of carbonyl (C=O) groups is 2. The van der Waals surface area contributed by atoms with E-state index in [1.165, 1.54) is 22.4 Å². The van der Waals surface area contributed by atoms with Crippen molar-refractivity contribution in [1.82, 2.24) is 5.32 Å². The molecule has 2 N–H and O–H groups in total. The van der Waals surface area contributed by atoms with Crippen molar-refractivity contribution in [1.29, 1.82) is 0 Å². The zero-order valence-electron chi connectivity index (χ0n) is 18.4. The van der Waals surface area contributed by atoms with Crippen molar-refractivity contribution in [2.45, 2.75) is 32.7 Å². The lowest BCUT2D eigenvalue weighted by Crippen LogP contribution is -2.36. The quantitative estimate of drug-likeness (QED) is 0.582. The number of nitrogens with one attached hydrogen (secondary N) is 2. The minimum absolute atomic E-state index is 0.414. The molecule has 4 rings (SSSR count). The van der Waals surface area contributed by atoms with E-state index in [2.05, 4.69) is 71.0 Å². The number of hydrogen-bond acceptors (Lipinski definition) is 3. The Morgan fingerprint density at radius 2 is 1.53 bits per heavy atom. The zero-order valence-corrected chi connectivity index (χ0v) is 18.4. The van der Waals surface area contributed by atoms with Gasteiger partial charge in [0, 0.05) is 31.0 Å². The number of fused-ring (bicyclic) bond motifs is 1. The van der Waals surface area contributed by atoms with Gasteiger partial charge in [-0.1, -0.05) is 55.5 Å². The van der Waals surface area contributed by atoms with Gasteiger partial charge in [-0.2, -0.15) is 0 Å². The number of rotatable bonds is 6. The minimum atomic E-state index is -0.644. The molecule has 0 saturated carbocycles. The monoisotopic (exact) mass is 427 g/mol. The summed E-state index contributed by atoms with van der Waals surface area (Å²) in [4.78, 5) is 26.6. The Bertz CT molecular complexity index is 1070. The maximum Gasteiger partial charge on any atom is 0.313 e. The van der Waals surface area contributed by atoms with E-state index >= 15 is 0 Å². The lowest BCUT2D eigenvalue weighted by molar-refractivity contribution is -0.136. The van der Waals surface area contributed by atoms with Gasteiger partial charge in [-0.15, -0.1) is 0 Å². The second kappa shape index (κ2) is 10.1. The Morgan fingerprint density at radius 3 is 2.25 bits per heavy atom. The summed E-state index contributed by atoms with van der Waals surface area (Å²) < 4.78 is 0. The standard InChI is InChI=1S/C27H29N3O2/c1-2-20-7-11-24(12-8-20)29-27(32)26(31)28-17-15-21-9-13-25(14-10-21)30-18-16-22-5-3-4-6-23(22)19-30/h3-14H,2,15-19H2,1H3,(H,28,31)(H,29,32). The van der Waals surface area contributed by atoms with E-state index in [9.17, 15) is 9.59 Å². The molecule has 0 saturated heterocycles. The number of aryl methyl sites for hydroxylation is 1. The summed E-state index contributed by atoms with van der Waals surface area (Å²) in [5.41, 5.74) is 6.98. The normalized spacial score (nSPS) is 12.7. The Kier molecular flexibility index (Phi) is 6.85. The summed E-state index contributed by atoms with van der Waals surface area (Å²) in [7, 11) is 0. The lowest BCUT2D eigenvalue weighted by Gasteiger charge is -2.30. The molecular weight excluding hydrogens is 398 g/mol. The molecule has 2 amide bonds. The summed E-state index contributed by atoms with van der Waals surface area (Å²) in [6.45, 7) is 4.43. The molecule has 0 atom stereocenters. The second-order valence-corrected chi connectivity index (χ2v) is 8.12. The van der Waals surface area contributed by atoms with Crippen LogP contribution in [0.2, 0.25) is 0 Å². The van der Waals surface area contributed by atoms with Crippen LogP contribution in [0.15, 0.2) is 72.8 Å². The van der Waals surface area contributed by atoms with Gasteiger partial charge in [0.2, 0.25) is 0 Å². The summed E-state index contributed by atoms with van der Waals surface area (Å²) in [5, 5.41) is 5.34. The van der Waals surface area contributed by atoms with Crippen LogP contribution in [0.3, 0.4) is 0 Å². The molecule has 0 aromatic heterocycles. The second-order valence-electron chi connectivity index (χ2n) is 8.12. The third-order valence-corrected chi connectivity index (χ3v) is 5.96. The van der Waals surface area contributed by atoms with Gasteiger partial charge in [-0.3, -0.25) is 9.59 Å². The number of anilines is 2. The van der Waals surface area contributed by atoms with E-state index in [-0.39, 0.29) is 0 Å². The SMILES string of the molecule is CCc1ccc(NC(=O)C(=O)NCCc2ccc(N3CCc4ccccc4C3)cc2)cc1. The van der Waals surface area contributed by atoms with Crippen LogP contribution >= 0.6 is 0 Å². The number of benzene rings is 3. The van der Waals surface area contributed by atoms with Crippen molar-refractivity contribution < 1.29 is 9.59 Å². The predicted molar refractivity (Wildman–Crippen MR) is 129 cm³/mol. The van der Waals surface area contributed by atoms with Crippen molar-refractivity contribution in [2.75, 3.05) is 23.3 Å². The van der Waals surface area contributed by atoms with Gasteiger partial charge >= 0.3 is 11.8 Å². The zero-order chi connectivity index (χ0) is 22.3. The van der Waals surface area contributed by atoms with Crippen molar-refractivity contribution in [2.24, 2.45) is 0 Å². The largest absolute Gasteiger partial charge is 0.367 e. The first kappa shape index (κ1) is 21.6. The molecule has 0 bridgehead atoms. The number of amides is 2. The molecule has 32 heavy (non-hydrogen) atoms. The molecule has 0 aliphatic carbocycles. The van der Waals surface area contributed by atoms with Gasteiger partial charge in [0.25, 0.3) is 0 Å². The molecule has 1 aliphatic heterocycles. The topological polar surface area (TPSA) is 61.4 Å². The number of carbonyl (C=O) groups excluding carboxylic acids is 2. The number of nitrogens with zero attached hydrogens (tertiary/aromatic N) is 1. The van der Waals surface area contributed by atoms with Crippen LogP contribution in [-0.4, -0.2) is 24.9 Å². The van der Waals surface area contributed by atoms with Gasteiger partial charge in [0.15, 0.2) is 0 Å². The Labute approximate surface area is 189 Å². The van der Waals surface area contributed by atoms with Crippen LogP contribution in [0.25, 0.3) is 0 Å². The van der Waals surface area contributed by atoms with Crippen LogP contribution in [-0.2, 0) is 35.4 Å². The summed E-state index contributed by atoms with van der Waals surface area (Å²) in [6, 6.07) is 24.6. The first-order chi connectivity index (χ1) is 15.6. The summed E-state index contributed by atoms with van der Waals surface area (Å²) in [6.07, 6.45) is 2.67. The fourth-order valence-electron chi connectivity index (χ4n) is 4.00. The molecule has 5 nitrogen and oxygen atoms in total. The van der Waals surface area contributed by atoms with E-state index in [4.69, 9.17) is 0 Å².